The first-order chi connectivity index (χ1) is 14.2. The summed E-state index contributed by atoms with van der Waals surface area (Å²) in [5.41, 5.74) is 1.08. The Balaban J connectivity index is 1.75. The SMILES string of the molecule is CC(C)c1cc(Oc2c(Br)cc(NC(=O)OC(=O)C3CCC3)cc2Br)cc(Cl)c1O. The van der Waals surface area contributed by atoms with E-state index in [0.717, 1.165) is 19.3 Å². The zero-order valence-corrected chi connectivity index (χ0v) is 20.2. The van der Waals surface area contributed by atoms with Gasteiger partial charge in [-0.2, -0.15) is 0 Å². The molecule has 2 aromatic carbocycles. The highest BCUT2D eigenvalue weighted by atomic mass is 79.9. The molecule has 30 heavy (non-hydrogen) atoms. The molecule has 2 N–H and O–H groups in total. The summed E-state index contributed by atoms with van der Waals surface area (Å²) in [4.78, 5) is 23.8. The molecule has 6 nitrogen and oxygen atoms in total. The second kappa shape index (κ2) is 9.58. The molecule has 0 spiro atoms. The van der Waals surface area contributed by atoms with Crippen molar-refractivity contribution in [3.05, 3.63) is 43.8 Å². The van der Waals surface area contributed by atoms with Crippen LogP contribution in [-0.2, 0) is 9.53 Å². The lowest BCUT2D eigenvalue weighted by molar-refractivity contribution is -0.144. The van der Waals surface area contributed by atoms with E-state index in [-0.39, 0.29) is 22.6 Å². The number of rotatable bonds is 5. The number of hydrogen-bond acceptors (Lipinski definition) is 5. The van der Waals surface area contributed by atoms with E-state index in [1.165, 1.54) is 6.07 Å². The number of nitrogens with one attached hydrogen (secondary N) is 1. The number of halogens is 3. The van der Waals surface area contributed by atoms with Crippen molar-refractivity contribution in [2.24, 2.45) is 5.92 Å². The number of phenols is 1. The van der Waals surface area contributed by atoms with Crippen LogP contribution in [0.3, 0.4) is 0 Å². The Morgan fingerprint density at radius 1 is 1.17 bits per heavy atom. The van der Waals surface area contributed by atoms with Gasteiger partial charge < -0.3 is 14.6 Å². The van der Waals surface area contributed by atoms with E-state index in [1.54, 1.807) is 18.2 Å². The van der Waals surface area contributed by atoms with Gasteiger partial charge >= 0.3 is 12.1 Å². The molecule has 160 valence electrons. The van der Waals surface area contributed by atoms with Crippen molar-refractivity contribution in [3.63, 3.8) is 0 Å². The molecule has 0 unspecified atom stereocenters. The van der Waals surface area contributed by atoms with Crippen LogP contribution in [0.2, 0.25) is 5.02 Å². The average molecular weight is 562 g/mol. The van der Waals surface area contributed by atoms with Gasteiger partial charge in [-0.25, -0.2) is 4.79 Å². The number of carbonyl (C=O) groups excluding carboxylic acids is 2. The molecule has 0 radical (unpaired) electrons. The van der Waals surface area contributed by atoms with Crippen molar-refractivity contribution in [1.82, 2.24) is 0 Å². The van der Waals surface area contributed by atoms with Crippen LogP contribution in [0, 0.1) is 5.92 Å². The predicted octanol–water partition coefficient (Wildman–Crippen LogP) is 7.36. The summed E-state index contributed by atoms with van der Waals surface area (Å²) >= 11 is 13.0. The third kappa shape index (κ3) is 5.28. The van der Waals surface area contributed by atoms with Gasteiger partial charge in [0.05, 0.1) is 19.9 Å². The smallest absolute Gasteiger partial charge is 0.419 e. The maximum Gasteiger partial charge on any atom is 0.419 e. The Bertz CT molecular complexity index is 969. The molecule has 2 aromatic rings. The fourth-order valence-electron chi connectivity index (χ4n) is 2.90. The summed E-state index contributed by atoms with van der Waals surface area (Å²) in [6.07, 6.45) is 1.67. The fourth-order valence-corrected chi connectivity index (χ4v) is 4.47. The number of ether oxygens (including phenoxy) is 2. The zero-order chi connectivity index (χ0) is 22.0. The molecule has 1 amide bonds. The molecular formula is C21H20Br2ClNO5. The maximum atomic E-state index is 12.0. The molecule has 0 aromatic heterocycles. The number of hydrogen-bond donors (Lipinski definition) is 2. The van der Waals surface area contributed by atoms with Crippen LogP contribution in [0.15, 0.2) is 33.2 Å². The number of phenolic OH excluding ortho intramolecular Hbond substituents is 1. The monoisotopic (exact) mass is 559 g/mol. The first-order valence-corrected chi connectivity index (χ1v) is 11.3. The summed E-state index contributed by atoms with van der Waals surface area (Å²) < 4.78 is 11.9. The van der Waals surface area contributed by atoms with Crippen LogP contribution in [0.4, 0.5) is 10.5 Å². The summed E-state index contributed by atoms with van der Waals surface area (Å²) in [5.74, 6) is 0.315. The Hall–Kier alpha value is -1.77. The number of esters is 1. The summed E-state index contributed by atoms with van der Waals surface area (Å²) in [7, 11) is 0. The average Bonchev–Trinajstić information content (AvgIpc) is 2.58. The van der Waals surface area contributed by atoms with E-state index in [1.807, 2.05) is 13.8 Å². The number of aromatic hydroxyl groups is 1. The molecule has 3 rings (SSSR count). The minimum absolute atomic E-state index is 0.0339. The lowest BCUT2D eigenvalue weighted by Gasteiger charge is -2.22. The van der Waals surface area contributed by atoms with Crippen LogP contribution in [0.25, 0.3) is 0 Å². The minimum Gasteiger partial charge on any atom is -0.506 e. The van der Waals surface area contributed by atoms with Crippen molar-refractivity contribution in [3.8, 4) is 17.2 Å². The minimum atomic E-state index is -0.828. The van der Waals surface area contributed by atoms with Crippen LogP contribution < -0.4 is 10.1 Å². The quantitative estimate of drug-likeness (QED) is 0.294. The first-order valence-electron chi connectivity index (χ1n) is 9.37. The normalized spacial score (nSPS) is 13.7. The Morgan fingerprint density at radius 2 is 1.80 bits per heavy atom. The van der Waals surface area contributed by atoms with E-state index in [0.29, 0.717) is 31.7 Å². The van der Waals surface area contributed by atoms with Crippen LogP contribution in [-0.4, -0.2) is 17.2 Å². The molecule has 9 heteroatoms. The predicted molar refractivity (Wildman–Crippen MR) is 122 cm³/mol. The largest absolute Gasteiger partial charge is 0.506 e. The Labute approximate surface area is 196 Å². The van der Waals surface area contributed by atoms with Gasteiger partial charge in [-0.15, -0.1) is 0 Å². The number of anilines is 1. The third-order valence-corrected chi connectivity index (χ3v) is 6.25. The van der Waals surface area contributed by atoms with E-state index in [9.17, 15) is 14.7 Å². The molecule has 1 aliphatic rings. The zero-order valence-electron chi connectivity index (χ0n) is 16.3. The first kappa shape index (κ1) is 22.9. The summed E-state index contributed by atoms with van der Waals surface area (Å²) in [6.45, 7) is 3.88. The van der Waals surface area contributed by atoms with Crippen LogP contribution >= 0.6 is 43.5 Å². The topological polar surface area (TPSA) is 84.9 Å². The maximum absolute atomic E-state index is 12.0. The van der Waals surface area contributed by atoms with Gasteiger partial charge in [0.2, 0.25) is 0 Å². The molecular weight excluding hydrogens is 541 g/mol. The van der Waals surface area contributed by atoms with Gasteiger partial charge in [-0.1, -0.05) is 31.9 Å². The Morgan fingerprint density at radius 3 is 2.33 bits per heavy atom. The lowest BCUT2D eigenvalue weighted by Crippen LogP contribution is -2.28. The van der Waals surface area contributed by atoms with Gasteiger partial charge in [0.25, 0.3) is 0 Å². The van der Waals surface area contributed by atoms with Crippen LogP contribution in [0.5, 0.6) is 17.2 Å². The highest BCUT2D eigenvalue weighted by molar-refractivity contribution is 9.11. The third-order valence-electron chi connectivity index (χ3n) is 4.78. The Kier molecular flexibility index (Phi) is 7.31. The molecule has 0 bridgehead atoms. The molecule has 0 aliphatic heterocycles. The fraction of sp³-hybridized carbons (Fsp3) is 0.333. The highest BCUT2D eigenvalue weighted by Crippen LogP contribution is 2.42. The molecule has 0 heterocycles. The van der Waals surface area contributed by atoms with E-state index in [4.69, 9.17) is 21.1 Å². The summed E-state index contributed by atoms with van der Waals surface area (Å²) in [5, 5.41) is 12.9. The van der Waals surface area contributed by atoms with E-state index >= 15 is 0 Å². The second-order valence-corrected chi connectivity index (χ2v) is 9.45. The molecule has 0 atom stereocenters. The van der Waals surface area contributed by atoms with Crippen molar-refractivity contribution in [1.29, 1.82) is 0 Å². The summed E-state index contributed by atoms with van der Waals surface area (Å²) in [6, 6.07) is 6.50. The van der Waals surface area contributed by atoms with Crippen molar-refractivity contribution >= 4 is 61.2 Å². The molecule has 1 saturated carbocycles. The van der Waals surface area contributed by atoms with Crippen LogP contribution in [0.1, 0.15) is 44.6 Å². The van der Waals surface area contributed by atoms with Gasteiger partial charge in [0, 0.05) is 17.3 Å². The second-order valence-electron chi connectivity index (χ2n) is 7.33. The molecule has 1 fully saturated rings. The van der Waals surface area contributed by atoms with Gasteiger partial charge in [-0.05, 0) is 68.8 Å². The number of carbonyl (C=O) groups is 2. The lowest BCUT2D eigenvalue weighted by atomic mass is 9.86. The van der Waals surface area contributed by atoms with Gasteiger partial charge in [0.1, 0.15) is 11.5 Å². The molecule has 0 saturated heterocycles. The van der Waals surface area contributed by atoms with Crippen molar-refractivity contribution < 1.29 is 24.2 Å². The van der Waals surface area contributed by atoms with Crippen molar-refractivity contribution in [2.75, 3.05) is 5.32 Å². The van der Waals surface area contributed by atoms with E-state index in [2.05, 4.69) is 37.2 Å². The number of benzene rings is 2. The number of amides is 1. The highest BCUT2D eigenvalue weighted by Gasteiger charge is 2.28. The van der Waals surface area contributed by atoms with Gasteiger partial charge in [0.15, 0.2) is 5.75 Å². The molecule has 1 aliphatic carbocycles. The standard InChI is InChI=1S/C21H20Br2ClNO5/c1-10(2)14-8-13(9-17(24)18(14)26)29-19-15(22)6-12(7-16(19)23)25-21(28)30-20(27)11-4-3-5-11/h6-11,26H,3-5H2,1-2H3,(H,25,28). The van der Waals surface area contributed by atoms with E-state index < -0.39 is 12.1 Å². The van der Waals surface area contributed by atoms with Gasteiger partial charge in [-0.3, -0.25) is 10.1 Å². The van der Waals surface area contributed by atoms with Crippen molar-refractivity contribution in [2.45, 2.75) is 39.0 Å².